The molecule has 2 aliphatic rings. The predicted octanol–water partition coefficient (Wildman–Crippen LogP) is 1.12. The summed E-state index contributed by atoms with van der Waals surface area (Å²) in [6, 6.07) is 0. The predicted molar refractivity (Wildman–Crippen MR) is 92.9 cm³/mol. The molecule has 0 aliphatic carbocycles. The third-order valence-electron chi connectivity index (χ3n) is 4.63. The fourth-order valence-electron chi connectivity index (χ4n) is 3.39. The number of amides is 1. The van der Waals surface area contributed by atoms with Crippen molar-refractivity contribution in [1.82, 2.24) is 9.80 Å². The van der Waals surface area contributed by atoms with Crippen molar-refractivity contribution in [2.75, 3.05) is 45.9 Å². The third kappa shape index (κ3) is 5.99. The van der Waals surface area contributed by atoms with Gasteiger partial charge in [0.15, 0.2) is 0 Å². The van der Waals surface area contributed by atoms with Crippen LogP contribution in [0.1, 0.15) is 40.5 Å². The van der Waals surface area contributed by atoms with Crippen LogP contribution < -0.4 is 0 Å². The molecule has 2 saturated heterocycles. The van der Waals surface area contributed by atoms with Gasteiger partial charge in [-0.2, -0.15) is 0 Å². The summed E-state index contributed by atoms with van der Waals surface area (Å²) in [5.74, 6) is 0.235. The molecular weight excluding hydrogens is 308 g/mol. The number of piperazine rings is 1. The second kappa shape index (κ2) is 8.61. The molecule has 0 aromatic rings. The van der Waals surface area contributed by atoms with E-state index in [1.54, 1.807) is 0 Å². The van der Waals surface area contributed by atoms with Gasteiger partial charge in [0.25, 0.3) is 5.91 Å². The standard InChI is InChI=1S/C18H34N2O4/c1-14(2)16(24-12-15-6-5-11-23-15)17(21)20-9-7-19(8-10-20)13-18(3,4)22/h14-16,22H,5-13H2,1-4H3. The number of carbonyl (C=O) groups excluding carboxylic acids is 1. The molecule has 0 saturated carbocycles. The van der Waals surface area contributed by atoms with Gasteiger partial charge >= 0.3 is 0 Å². The molecule has 0 bridgehead atoms. The van der Waals surface area contributed by atoms with Gasteiger partial charge in [-0.25, -0.2) is 0 Å². The van der Waals surface area contributed by atoms with E-state index >= 15 is 0 Å². The highest BCUT2D eigenvalue weighted by molar-refractivity contribution is 5.81. The maximum Gasteiger partial charge on any atom is 0.252 e. The first-order valence-electron chi connectivity index (χ1n) is 9.23. The summed E-state index contributed by atoms with van der Waals surface area (Å²) in [6.07, 6.45) is 1.85. The molecular formula is C18H34N2O4. The van der Waals surface area contributed by atoms with Crippen LogP contribution in [0.2, 0.25) is 0 Å². The van der Waals surface area contributed by atoms with E-state index < -0.39 is 11.7 Å². The van der Waals surface area contributed by atoms with Gasteiger partial charge in [0.1, 0.15) is 6.10 Å². The molecule has 1 amide bonds. The smallest absolute Gasteiger partial charge is 0.252 e. The SMILES string of the molecule is CC(C)C(OCC1CCCO1)C(=O)N1CCN(CC(C)(C)O)CC1. The lowest BCUT2D eigenvalue weighted by molar-refractivity contribution is -0.151. The first-order valence-corrected chi connectivity index (χ1v) is 9.23. The largest absolute Gasteiger partial charge is 0.389 e. The number of rotatable bonds is 7. The Hall–Kier alpha value is -0.690. The third-order valence-corrected chi connectivity index (χ3v) is 4.63. The van der Waals surface area contributed by atoms with Crippen LogP contribution in [0, 0.1) is 5.92 Å². The van der Waals surface area contributed by atoms with E-state index in [2.05, 4.69) is 4.90 Å². The highest BCUT2D eigenvalue weighted by Crippen LogP contribution is 2.17. The quantitative estimate of drug-likeness (QED) is 0.751. The summed E-state index contributed by atoms with van der Waals surface area (Å²) in [6.45, 7) is 12.6. The molecule has 0 aromatic heterocycles. The number of ether oxygens (including phenoxy) is 2. The Balaban J connectivity index is 1.81. The van der Waals surface area contributed by atoms with Crippen LogP contribution in [-0.4, -0.2) is 84.6 Å². The minimum Gasteiger partial charge on any atom is -0.389 e. The summed E-state index contributed by atoms with van der Waals surface area (Å²) in [7, 11) is 0. The Morgan fingerprint density at radius 1 is 1.29 bits per heavy atom. The Morgan fingerprint density at radius 2 is 1.96 bits per heavy atom. The van der Waals surface area contributed by atoms with Gasteiger partial charge in [-0.3, -0.25) is 9.69 Å². The van der Waals surface area contributed by atoms with Crippen molar-refractivity contribution in [3.8, 4) is 0 Å². The first-order chi connectivity index (χ1) is 11.3. The van der Waals surface area contributed by atoms with Crippen LogP contribution in [-0.2, 0) is 14.3 Å². The van der Waals surface area contributed by atoms with Crippen molar-refractivity contribution < 1.29 is 19.4 Å². The molecule has 2 rings (SSSR count). The fraction of sp³-hybridized carbons (Fsp3) is 0.944. The molecule has 24 heavy (non-hydrogen) atoms. The average Bonchev–Trinajstić information content (AvgIpc) is 2.99. The molecule has 2 heterocycles. The van der Waals surface area contributed by atoms with Crippen molar-refractivity contribution in [3.63, 3.8) is 0 Å². The normalized spacial score (nSPS) is 24.6. The van der Waals surface area contributed by atoms with E-state index in [1.165, 1.54) is 0 Å². The molecule has 2 atom stereocenters. The van der Waals surface area contributed by atoms with E-state index in [9.17, 15) is 9.90 Å². The first kappa shape index (κ1) is 19.6. The van der Waals surface area contributed by atoms with Crippen LogP contribution in [0.25, 0.3) is 0 Å². The maximum absolute atomic E-state index is 12.8. The number of β-amino-alcohol motifs (C(OH)–C–C–N with tert-alkyl or cyclic N) is 1. The number of aliphatic hydroxyl groups is 1. The van der Waals surface area contributed by atoms with E-state index in [1.807, 2.05) is 32.6 Å². The fourth-order valence-corrected chi connectivity index (χ4v) is 3.39. The number of hydrogen-bond donors (Lipinski definition) is 1. The lowest BCUT2D eigenvalue weighted by Crippen LogP contribution is -2.55. The second-order valence-corrected chi connectivity index (χ2v) is 8.05. The number of carbonyl (C=O) groups is 1. The molecule has 6 nitrogen and oxygen atoms in total. The zero-order valence-corrected chi connectivity index (χ0v) is 15.7. The summed E-state index contributed by atoms with van der Waals surface area (Å²) in [4.78, 5) is 16.9. The highest BCUT2D eigenvalue weighted by Gasteiger charge is 2.32. The van der Waals surface area contributed by atoms with E-state index in [0.717, 1.165) is 32.5 Å². The monoisotopic (exact) mass is 342 g/mol. The van der Waals surface area contributed by atoms with E-state index in [4.69, 9.17) is 9.47 Å². The maximum atomic E-state index is 12.8. The Bertz CT molecular complexity index is 394. The highest BCUT2D eigenvalue weighted by atomic mass is 16.5. The Kier molecular flexibility index (Phi) is 7.04. The minimum absolute atomic E-state index is 0.0888. The Labute approximate surface area is 146 Å². The van der Waals surface area contributed by atoms with Crippen molar-refractivity contribution in [2.45, 2.75) is 58.3 Å². The van der Waals surface area contributed by atoms with Gasteiger partial charge < -0.3 is 19.5 Å². The molecule has 2 fully saturated rings. The second-order valence-electron chi connectivity index (χ2n) is 8.05. The summed E-state index contributed by atoms with van der Waals surface area (Å²) in [5.41, 5.74) is -0.697. The van der Waals surface area contributed by atoms with Gasteiger partial charge in [-0.1, -0.05) is 13.8 Å². The minimum atomic E-state index is -0.697. The van der Waals surface area contributed by atoms with Crippen molar-refractivity contribution in [1.29, 1.82) is 0 Å². The zero-order chi connectivity index (χ0) is 17.7. The van der Waals surface area contributed by atoms with Crippen LogP contribution >= 0.6 is 0 Å². The summed E-state index contributed by atoms with van der Waals surface area (Å²) < 4.78 is 11.5. The molecule has 0 radical (unpaired) electrons. The van der Waals surface area contributed by atoms with Gasteiger partial charge in [-0.15, -0.1) is 0 Å². The average molecular weight is 342 g/mol. The number of hydrogen-bond acceptors (Lipinski definition) is 5. The summed E-state index contributed by atoms with van der Waals surface area (Å²) in [5, 5.41) is 9.93. The number of nitrogens with zero attached hydrogens (tertiary/aromatic N) is 2. The Morgan fingerprint density at radius 3 is 2.46 bits per heavy atom. The summed E-state index contributed by atoms with van der Waals surface area (Å²) >= 11 is 0. The molecule has 2 aliphatic heterocycles. The van der Waals surface area contributed by atoms with Crippen LogP contribution in [0.4, 0.5) is 0 Å². The topological polar surface area (TPSA) is 62.2 Å². The van der Waals surface area contributed by atoms with Crippen LogP contribution in [0.15, 0.2) is 0 Å². The van der Waals surface area contributed by atoms with Crippen LogP contribution in [0.5, 0.6) is 0 Å². The van der Waals surface area contributed by atoms with Gasteiger partial charge in [0.2, 0.25) is 0 Å². The lowest BCUT2D eigenvalue weighted by Gasteiger charge is -2.39. The molecule has 140 valence electrons. The van der Waals surface area contributed by atoms with E-state index in [-0.39, 0.29) is 17.9 Å². The molecule has 0 aromatic carbocycles. The lowest BCUT2D eigenvalue weighted by atomic mass is 10.0. The van der Waals surface area contributed by atoms with Gasteiger partial charge in [0.05, 0.1) is 18.3 Å². The van der Waals surface area contributed by atoms with Gasteiger partial charge in [0, 0.05) is 39.3 Å². The molecule has 6 heteroatoms. The van der Waals surface area contributed by atoms with Crippen molar-refractivity contribution >= 4 is 5.91 Å². The molecule has 2 unspecified atom stereocenters. The van der Waals surface area contributed by atoms with Crippen molar-refractivity contribution in [2.24, 2.45) is 5.92 Å². The van der Waals surface area contributed by atoms with Crippen LogP contribution in [0.3, 0.4) is 0 Å². The van der Waals surface area contributed by atoms with Crippen molar-refractivity contribution in [3.05, 3.63) is 0 Å². The van der Waals surface area contributed by atoms with E-state index in [0.29, 0.717) is 26.2 Å². The zero-order valence-electron chi connectivity index (χ0n) is 15.7. The molecule has 0 spiro atoms. The molecule has 1 N–H and O–H groups in total. The van der Waals surface area contributed by atoms with Gasteiger partial charge in [-0.05, 0) is 32.6 Å².